The number of thiazole rings is 1. The lowest BCUT2D eigenvalue weighted by atomic mass is 9.79. The molecule has 142 valence electrons. The van der Waals surface area contributed by atoms with Crippen LogP contribution in [0.5, 0.6) is 0 Å². The topological polar surface area (TPSA) is 42.0 Å². The van der Waals surface area contributed by atoms with E-state index in [0.29, 0.717) is 5.56 Å². The van der Waals surface area contributed by atoms with Crippen molar-refractivity contribution in [3.8, 4) is 0 Å². The average Bonchev–Trinajstić information content (AvgIpc) is 2.92. The molecule has 0 saturated carbocycles. The van der Waals surface area contributed by atoms with Crippen molar-refractivity contribution in [3.63, 3.8) is 0 Å². The van der Waals surface area contributed by atoms with E-state index >= 15 is 0 Å². The van der Waals surface area contributed by atoms with Crippen LogP contribution < -0.4 is 5.32 Å². The summed E-state index contributed by atoms with van der Waals surface area (Å²) in [5.74, 6) is -0.0767. The van der Waals surface area contributed by atoms with Crippen LogP contribution in [0, 0.1) is 6.92 Å². The number of anilines is 1. The van der Waals surface area contributed by atoms with Crippen molar-refractivity contribution in [2.75, 3.05) is 5.32 Å². The molecule has 1 N–H and O–H groups in total. The second-order valence-corrected chi connectivity index (χ2v) is 10.4. The van der Waals surface area contributed by atoms with Crippen molar-refractivity contribution in [2.45, 2.75) is 59.3 Å². The van der Waals surface area contributed by atoms with Gasteiger partial charge in [-0.15, -0.1) is 11.3 Å². The SMILES string of the molecule is Cc1nc2ccc(NC(=O)c3cc(C(C)(C)C)cc(C(C)(C)C)c3)cc2s1. The van der Waals surface area contributed by atoms with Crippen LogP contribution in [0.3, 0.4) is 0 Å². The highest BCUT2D eigenvalue weighted by Gasteiger charge is 2.22. The number of aromatic nitrogens is 1. The standard InChI is InChI=1S/C23H28N2OS/c1-14-24-19-9-8-18(13-20(19)27-14)25-21(26)15-10-16(22(2,3)4)12-17(11-15)23(5,6)7/h8-13H,1-7H3,(H,25,26). The van der Waals surface area contributed by atoms with Crippen LogP contribution in [0.25, 0.3) is 10.2 Å². The van der Waals surface area contributed by atoms with Crippen LogP contribution in [-0.2, 0) is 10.8 Å². The monoisotopic (exact) mass is 380 g/mol. The molecule has 0 unspecified atom stereocenters. The number of rotatable bonds is 2. The summed E-state index contributed by atoms with van der Waals surface area (Å²) in [4.78, 5) is 17.5. The predicted octanol–water partition coefficient (Wildman–Crippen LogP) is 6.45. The molecule has 1 heterocycles. The largest absolute Gasteiger partial charge is 0.322 e. The Morgan fingerprint density at radius 1 is 0.926 bits per heavy atom. The number of aryl methyl sites for hydroxylation is 1. The summed E-state index contributed by atoms with van der Waals surface area (Å²) in [6.07, 6.45) is 0. The number of fused-ring (bicyclic) bond motifs is 1. The van der Waals surface area contributed by atoms with E-state index in [1.54, 1.807) is 11.3 Å². The Morgan fingerprint density at radius 2 is 1.52 bits per heavy atom. The Hall–Kier alpha value is -2.20. The van der Waals surface area contributed by atoms with E-state index in [4.69, 9.17) is 0 Å². The summed E-state index contributed by atoms with van der Waals surface area (Å²) in [6.45, 7) is 15.1. The van der Waals surface area contributed by atoms with E-state index in [-0.39, 0.29) is 16.7 Å². The molecule has 0 aliphatic carbocycles. The molecule has 27 heavy (non-hydrogen) atoms. The predicted molar refractivity (Wildman–Crippen MR) is 116 cm³/mol. The lowest BCUT2D eigenvalue weighted by Gasteiger charge is -2.26. The molecule has 0 aliphatic rings. The minimum atomic E-state index is -0.0767. The maximum atomic E-state index is 13.0. The zero-order chi connectivity index (χ0) is 20.0. The molecular formula is C23H28N2OS. The normalized spacial score (nSPS) is 12.4. The number of benzene rings is 2. The first kappa shape index (κ1) is 19.6. The summed E-state index contributed by atoms with van der Waals surface area (Å²) < 4.78 is 1.09. The van der Waals surface area contributed by atoms with Crippen LogP contribution in [0.2, 0.25) is 0 Å². The molecule has 0 spiro atoms. The molecule has 3 aromatic rings. The first-order chi connectivity index (χ1) is 12.4. The fourth-order valence-corrected chi connectivity index (χ4v) is 3.81. The number of hydrogen-bond acceptors (Lipinski definition) is 3. The van der Waals surface area contributed by atoms with Crippen molar-refractivity contribution in [2.24, 2.45) is 0 Å². The van der Waals surface area contributed by atoms with Crippen LogP contribution in [0.1, 0.15) is 68.0 Å². The Labute approximate surface area is 165 Å². The van der Waals surface area contributed by atoms with Gasteiger partial charge in [0, 0.05) is 11.3 Å². The lowest BCUT2D eigenvalue weighted by Crippen LogP contribution is -2.20. The molecule has 0 atom stereocenters. The van der Waals surface area contributed by atoms with E-state index in [1.165, 1.54) is 11.1 Å². The average molecular weight is 381 g/mol. The maximum absolute atomic E-state index is 13.0. The molecule has 0 aliphatic heterocycles. The molecule has 0 fully saturated rings. The van der Waals surface area contributed by atoms with Gasteiger partial charge in [-0.1, -0.05) is 47.6 Å². The van der Waals surface area contributed by atoms with Crippen molar-refractivity contribution in [1.82, 2.24) is 4.98 Å². The summed E-state index contributed by atoms with van der Waals surface area (Å²) in [5, 5.41) is 4.09. The molecular weight excluding hydrogens is 352 g/mol. The summed E-state index contributed by atoms with van der Waals surface area (Å²) in [6, 6.07) is 12.1. The highest BCUT2D eigenvalue weighted by atomic mass is 32.1. The van der Waals surface area contributed by atoms with Crippen LogP contribution in [-0.4, -0.2) is 10.9 Å². The molecule has 1 aromatic heterocycles. The summed E-state index contributed by atoms with van der Waals surface area (Å²) >= 11 is 1.64. The second kappa shape index (κ2) is 6.75. The summed E-state index contributed by atoms with van der Waals surface area (Å²) in [7, 11) is 0. The van der Waals surface area contributed by atoms with Gasteiger partial charge in [0.1, 0.15) is 0 Å². The number of hydrogen-bond donors (Lipinski definition) is 1. The highest BCUT2D eigenvalue weighted by molar-refractivity contribution is 7.18. The Kier molecular flexibility index (Phi) is 4.89. The first-order valence-electron chi connectivity index (χ1n) is 9.28. The highest BCUT2D eigenvalue weighted by Crippen LogP contribution is 2.31. The van der Waals surface area contributed by atoms with E-state index in [2.05, 4.69) is 57.9 Å². The zero-order valence-electron chi connectivity index (χ0n) is 17.2. The third-order valence-corrected chi connectivity index (χ3v) is 5.61. The quantitative estimate of drug-likeness (QED) is 0.555. The number of amides is 1. The van der Waals surface area contributed by atoms with E-state index in [0.717, 1.165) is 20.9 Å². The van der Waals surface area contributed by atoms with Gasteiger partial charge >= 0.3 is 0 Å². The molecule has 0 saturated heterocycles. The Morgan fingerprint density at radius 3 is 2.07 bits per heavy atom. The molecule has 1 amide bonds. The maximum Gasteiger partial charge on any atom is 0.255 e. The fraction of sp³-hybridized carbons (Fsp3) is 0.391. The minimum Gasteiger partial charge on any atom is -0.322 e. The van der Waals surface area contributed by atoms with Crippen molar-refractivity contribution in [3.05, 3.63) is 58.1 Å². The third-order valence-electron chi connectivity index (χ3n) is 4.68. The van der Waals surface area contributed by atoms with Gasteiger partial charge in [0.05, 0.1) is 15.2 Å². The van der Waals surface area contributed by atoms with Gasteiger partial charge in [0.15, 0.2) is 0 Å². The van der Waals surface area contributed by atoms with Crippen LogP contribution in [0.15, 0.2) is 36.4 Å². The van der Waals surface area contributed by atoms with Crippen LogP contribution >= 0.6 is 11.3 Å². The molecule has 0 bridgehead atoms. The van der Waals surface area contributed by atoms with Crippen molar-refractivity contribution >= 4 is 33.1 Å². The molecule has 4 heteroatoms. The van der Waals surface area contributed by atoms with E-state index in [9.17, 15) is 4.79 Å². The Bertz CT molecular complexity index is 971. The number of nitrogens with one attached hydrogen (secondary N) is 1. The van der Waals surface area contributed by atoms with Gasteiger partial charge in [-0.05, 0) is 59.2 Å². The van der Waals surface area contributed by atoms with Gasteiger partial charge in [-0.25, -0.2) is 4.98 Å². The van der Waals surface area contributed by atoms with Gasteiger partial charge in [0.2, 0.25) is 0 Å². The fourth-order valence-electron chi connectivity index (χ4n) is 2.95. The smallest absolute Gasteiger partial charge is 0.255 e. The van der Waals surface area contributed by atoms with Crippen LogP contribution in [0.4, 0.5) is 5.69 Å². The molecule has 3 nitrogen and oxygen atoms in total. The molecule has 0 radical (unpaired) electrons. The van der Waals surface area contributed by atoms with Crippen molar-refractivity contribution in [1.29, 1.82) is 0 Å². The lowest BCUT2D eigenvalue weighted by molar-refractivity contribution is 0.102. The van der Waals surface area contributed by atoms with Gasteiger partial charge in [-0.2, -0.15) is 0 Å². The second-order valence-electron chi connectivity index (χ2n) is 9.17. The third kappa shape index (κ3) is 4.38. The van der Waals surface area contributed by atoms with Gasteiger partial charge in [0.25, 0.3) is 5.91 Å². The molecule has 3 rings (SSSR count). The first-order valence-corrected chi connectivity index (χ1v) is 10.1. The molecule has 2 aromatic carbocycles. The Balaban J connectivity index is 1.97. The number of nitrogens with zero attached hydrogens (tertiary/aromatic N) is 1. The zero-order valence-corrected chi connectivity index (χ0v) is 18.0. The van der Waals surface area contributed by atoms with E-state index < -0.39 is 0 Å². The minimum absolute atomic E-state index is 0.0185. The summed E-state index contributed by atoms with van der Waals surface area (Å²) in [5.41, 5.74) is 4.79. The number of carbonyl (C=O) groups is 1. The van der Waals surface area contributed by atoms with Crippen molar-refractivity contribution < 1.29 is 4.79 Å². The number of carbonyl (C=O) groups excluding carboxylic acids is 1. The van der Waals surface area contributed by atoms with E-state index in [1.807, 2.05) is 37.3 Å². The van der Waals surface area contributed by atoms with Gasteiger partial charge in [-0.3, -0.25) is 4.79 Å². The van der Waals surface area contributed by atoms with Gasteiger partial charge < -0.3 is 5.32 Å².